The molecule has 1 heterocycles. The van der Waals surface area contributed by atoms with Crippen molar-refractivity contribution in [2.45, 2.75) is 43.9 Å². The van der Waals surface area contributed by atoms with Crippen molar-refractivity contribution in [2.75, 3.05) is 22.7 Å². The summed E-state index contributed by atoms with van der Waals surface area (Å²) in [5.41, 5.74) is 0.596. The third-order valence-electron chi connectivity index (χ3n) is 5.20. The number of alkyl halides is 2. The van der Waals surface area contributed by atoms with Gasteiger partial charge >= 0.3 is 5.97 Å². The third kappa shape index (κ3) is 4.72. The van der Waals surface area contributed by atoms with E-state index in [1.807, 2.05) is 4.90 Å². The standard InChI is InChI=1S/C21H24F2N2O4S/c1-2-14-6-7-16(21(26)27)13-19(14)30(28,29)24-17-12-15(20(22)23)8-9-18(17)25-10-4-3-5-11-25/h6-9,12-13,20,24H,2-5,10-11H2,1H3,(H,26,27). The number of nitrogens with one attached hydrogen (secondary N) is 1. The molecule has 30 heavy (non-hydrogen) atoms. The molecule has 1 aliphatic rings. The van der Waals surface area contributed by atoms with Crippen molar-refractivity contribution in [3.8, 4) is 0 Å². The number of aromatic carboxylic acids is 1. The van der Waals surface area contributed by atoms with Crippen molar-refractivity contribution in [1.29, 1.82) is 0 Å². The molecule has 2 N–H and O–H groups in total. The minimum atomic E-state index is -4.20. The van der Waals surface area contributed by atoms with Crippen molar-refractivity contribution in [3.63, 3.8) is 0 Å². The van der Waals surface area contributed by atoms with Crippen molar-refractivity contribution < 1.29 is 27.1 Å². The first-order valence-electron chi connectivity index (χ1n) is 9.79. The lowest BCUT2D eigenvalue weighted by Gasteiger charge is -2.31. The third-order valence-corrected chi connectivity index (χ3v) is 6.65. The fourth-order valence-electron chi connectivity index (χ4n) is 3.61. The van der Waals surface area contributed by atoms with Crippen molar-refractivity contribution in [3.05, 3.63) is 53.1 Å². The zero-order valence-corrected chi connectivity index (χ0v) is 17.4. The first-order chi connectivity index (χ1) is 14.2. The summed E-state index contributed by atoms with van der Waals surface area (Å²) in [6.45, 7) is 3.17. The lowest BCUT2D eigenvalue weighted by Crippen LogP contribution is -2.30. The summed E-state index contributed by atoms with van der Waals surface area (Å²) in [5, 5.41) is 9.23. The van der Waals surface area contributed by atoms with Crippen molar-refractivity contribution >= 4 is 27.4 Å². The number of halogens is 2. The van der Waals surface area contributed by atoms with Crippen LogP contribution in [0, 0.1) is 0 Å². The molecular weight excluding hydrogens is 414 g/mol. The Hall–Kier alpha value is -2.68. The van der Waals surface area contributed by atoms with Crippen LogP contribution in [0.2, 0.25) is 0 Å². The van der Waals surface area contributed by atoms with Crippen molar-refractivity contribution in [2.24, 2.45) is 0 Å². The maximum Gasteiger partial charge on any atom is 0.335 e. The molecule has 0 atom stereocenters. The van der Waals surface area contributed by atoms with Gasteiger partial charge in [-0.15, -0.1) is 0 Å². The van der Waals surface area contributed by atoms with Gasteiger partial charge in [-0.25, -0.2) is 22.0 Å². The van der Waals surface area contributed by atoms with Gasteiger partial charge in [-0.3, -0.25) is 4.72 Å². The number of hydrogen-bond donors (Lipinski definition) is 2. The average molecular weight is 438 g/mol. The van der Waals surface area contributed by atoms with Gasteiger partial charge in [0.1, 0.15) is 0 Å². The predicted octanol–water partition coefficient (Wildman–Crippen LogP) is 4.68. The van der Waals surface area contributed by atoms with Gasteiger partial charge in [0, 0.05) is 18.7 Å². The second-order valence-electron chi connectivity index (χ2n) is 7.21. The fourth-order valence-corrected chi connectivity index (χ4v) is 5.01. The minimum absolute atomic E-state index is 0.0671. The number of carboxylic acids is 1. The van der Waals surface area contributed by atoms with E-state index in [1.54, 1.807) is 6.92 Å². The molecule has 2 aromatic carbocycles. The highest BCUT2D eigenvalue weighted by molar-refractivity contribution is 7.92. The van der Waals surface area contributed by atoms with Crippen LogP contribution in [0.3, 0.4) is 0 Å². The Kier molecular flexibility index (Phi) is 6.60. The van der Waals surface area contributed by atoms with E-state index < -0.39 is 22.4 Å². The molecule has 162 valence electrons. The highest BCUT2D eigenvalue weighted by Gasteiger charge is 2.24. The number of rotatable bonds is 7. The smallest absolute Gasteiger partial charge is 0.335 e. The minimum Gasteiger partial charge on any atom is -0.478 e. The maximum atomic E-state index is 13.3. The van der Waals surface area contributed by atoms with Crippen LogP contribution in [0.4, 0.5) is 20.2 Å². The summed E-state index contributed by atoms with van der Waals surface area (Å²) in [7, 11) is -4.20. The molecule has 0 amide bonds. The summed E-state index contributed by atoms with van der Waals surface area (Å²) in [4.78, 5) is 13.1. The van der Waals surface area contributed by atoms with E-state index in [9.17, 15) is 27.1 Å². The van der Waals surface area contributed by atoms with Gasteiger partial charge in [0.25, 0.3) is 16.4 Å². The summed E-state index contributed by atoms with van der Waals surface area (Å²) >= 11 is 0. The number of nitrogens with zero attached hydrogens (tertiary/aromatic N) is 1. The molecule has 2 aromatic rings. The number of carbonyl (C=O) groups is 1. The molecule has 0 bridgehead atoms. The van der Waals surface area contributed by atoms with Gasteiger partial charge in [-0.05, 0) is 55.5 Å². The van der Waals surface area contributed by atoms with Crippen LogP contribution in [-0.4, -0.2) is 32.6 Å². The molecule has 0 radical (unpaired) electrons. The van der Waals surface area contributed by atoms with Crippen LogP contribution in [0.15, 0.2) is 41.3 Å². The first-order valence-corrected chi connectivity index (χ1v) is 11.3. The van der Waals surface area contributed by atoms with Crippen LogP contribution in [0.5, 0.6) is 0 Å². The molecule has 0 unspecified atom stereocenters. The highest BCUT2D eigenvalue weighted by atomic mass is 32.2. The first kappa shape index (κ1) is 22.0. The number of piperidine rings is 1. The molecule has 3 rings (SSSR count). The molecule has 9 heteroatoms. The maximum absolute atomic E-state index is 13.3. The van der Waals surface area contributed by atoms with E-state index in [2.05, 4.69) is 4.72 Å². The van der Waals surface area contributed by atoms with Gasteiger partial charge in [0.15, 0.2) is 0 Å². The van der Waals surface area contributed by atoms with E-state index in [4.69, 9.17) is 0 Å². The van der Waals surface area contributed by atoms with Crippen LogP contribution >= 0.6 is 0 Å². The topological polar surface area (TPSA) is 86.7 Å². The van der Waals surface area contributed by atoms with E-state index >= 15 is 0 Å². The molecule has 0 aliphatic carbocycles. The zero-order chi connectivity index (χ0) is 21.9. The summed E-state index contributed by atoms with van der Waals surface area (Å²) in [6.07, 6.45) is 0.554. The molecule has 0 saturated carbocycles. The molecule has 1 aliphatic heterocycles. The van der Waals surface area contributed by atoms with E-state index in [0.29, 0.717) is 30.8 Å². The van der Waals surface area contributed by atoms with Crippen LogP contribution in [-0.2, 0) is 16.4 Å². The summed E-state index contributed by atoms with van der Waals surface area (Å²) < 4.78 is 55.3. The number of anilines is 2. The second kappa shape index (κ2) is 8.99. The van der Waals surface area contributed by atoms with Gasteiger partial charge in [0.2, 0.25) is 0 Å². The summed E-state index contributed by atoms with van der Waals surface area (Å²) in [6, 6.07) is 7.86. The Labute approximate surface area is 174 Å². The predicted molar refractivity (Wildman–Crippen MR) is 111 cm³/mol. The Balaban J connectivity index is 2.06. The number of sulfonamides is 1. The number of aryl methyl sites for hydroxylation is 1. The fraction of sp³-hybridized carbons (Fsp3) is 0.381. The molecule has 0 aromatic heterocycles. The van der Waals surface area contributed by atoms with Crippen molar-refractivity contribution in [1.82, 2.24) is 0 Å². The monoisotopic (exact) mass is 438 g/mol. The molecule has 6 nitrogen and oxygen atoms in total. The van der Waals surface area contributed by atoms with Gasteiger partial charge in [-0.2, -0.15) is 0 Å². The Bertz CT molecular complexity index is 1040. The second-order valence-corrected chi connectivity index (χ2v) is 8.86. The van der Waals surface area contributed by atoms with E-state index in [-0.39, 0.29) is 21.7 Å². The van der Waals surface area contributed by atoms with Gasteiger partial charge in [-0.1, -0.05) is 19.1 Å². The molecule has 1 fully saturated rings. The summed E-state index contributed by atoms with van der Waals surface area (Å²) in [5.74, 6) is -1.25. The molecule has 1 saturated heterocycles. The highest BCUT2D eigenvalue weighted by Crippen LogP contribution is 2.34. The van der Waals surface area contributed by atoms with Gasteiger partial charge < -0.3 is 10.0 Å². The lowest BCUT2D eigenvalue weighted by atomic mass is 10.1. The largest absolute Gasteiger partial charge is 0.478 e. The normalized spacial score (nSPS) is 14.7. The number of benzene rings is 2. The van der Waals surface area contributed by atoms with Crippen LogP contribution < -0.4 is 9.62 Å². The quantitative estimate of drug-likeness (QED) is 0.656. The van der Waals surface area contributed by atoms with E-state index in [0.717, 1.165) is 31.4 Å². The number of hydrogen-bond acceptors (Lipinski definition) is 4. The number of carboxylic acid groups (broad SMARTS) is 1. The Morgan fingerprint density at radius 2 is 1.83 bits per heavy atom. The SMILES string of the molecule is CCc1ccc(C(=O)O)cc1S(=O)(=O)Nc1cc(C(F)F)ccc1N1CCCCC1. The Morgan fingerprint density at radius 3 is 2.43 bits per heavy atom. The molecule has 0 spiro atoms. The zero-order valence-electron chi connectivity index (χ0n) is 16.6. The Morgan fingerprint density at radius 1 is 1.13 bits per heavy atom. The molecular formula is C21H24F2N2O4S. The van der Waals surface area contributed by atoms with Crippen LogP contribution in [0.25, 0.3) is 0 Å². The van der Waals surface area contributed by atoms with Gasteiger partial charge in [0.05, 0.1) is 21.8 Å². The average Bonchev–Trinajstić information content (AvgIpc) is 2.73. The van der Waals surface area contributed by atoms with Crippen LogP contribution in [0.1, 0.15) is 54.1 Å². The van der Waals surface area contributed by atoms with E-state index in [1.165, 1.54) is 24.3 Å². The lowest BCUT2D eigenvalue weighted by molar-refractivity contribution is 0.0696.